The van der Waals surface area contributed by atoms with Crippen molar-refractivity contribution in [3.8, 4) is 0 Å². The van der Waals surface area contributed by atoms with Gasteiger partial charge in [0.15, 0.2) is 0 Å². The van der Waals surface area contributed by atoms with Gasteiger partial charge in [-0.2, -0.15) is 0 Å². The molecule has 2 rings (SSSR count). The van der Waals surface area contributed by atoms with Crippen LogP contribution in [-0.2, 0) is 0 Å². The van der Waals surface area contributed by atoms with Gasteiger partial charge in [0.05, 0.1) is 6.10 Å². The van der Waals surface area contributed by atoms with E-state index >= 15 is 0 Å². The summed E-state index contributed by atoms with van der Waals surface area (Å²) in [6.45, 7) is 11.6. The third-order valence-corrected chi connectivity index (χ3v) is 7.21. The highest BCUT2D eigenvalue weighted by molar-refractivity contribution is 5.08. The summed E-state index contributed by atoms with van der Waals surface area (Å²) >= 11 is 0. The van der Waals surface area contributed by atoms with Gasteiger partial charge in [-0.15, -0.1) is 0 Å². The summed E-state index contributed by atoms with van der Waals surface area (Å²) in [6, 6.07) is 0. The zero-order valence-electron chi connectivity index (χ0n) is 15.2. The van der Waals surface area contributed by atoms with E-state index in [1.807, 2.05) is 19.9 Å². The molecule has 0 spiro atoms. The predicted octanol–water partition coefficient (Wildman–Crippen LogP) is 4.55. The molecule has 2 saturated carbocycles. The second-order valence-electron chi connectivity index (χ2n) is 8.81. The predicted molar refractivity (Wildman–Crippen MR) is 92.6 cm³/mol. The Morgan fingerprint density at radius 2 is 1.91 bits per heavy atom. The Morgan fingerprint density at radius 3 is 2.50 bits per heavy atom. The summed E-state index contributed by atoms with van der Waals surface area (Å²) in [6.07, 6.45) is 8.69. The van der Waals surface area contributed by atoms with Gasteiger partial charge < -0.3 is 10.2 Å². The molecule has 22 heavy (non-hydrogen) atoms. The number of hydrogen-bond donors (Lipinski definition) is 2. The van der Waals surface area contributed by atoms with E-state index in [9.17, 15) is 10.2 Å². The molecule has 0 heterocycles. The minimum absolute atomic E-state index is 0.266. The van der Waals surface area contributed by atoms with Crippen LogP contribution in [-0.4, -0.2) is 22.9 Å². The van der Waals surface area contributed by atoms with Crippen LogP contribution in [0.5, 0.6) is 0 Å². The Labute approximate surface area is 137 Å². The average molecular weight is 309 g/mol. The summed E-state index contributed by atoms with van der Waals surface area (Å²) in [5, 5.41) is 20.5. The van der Waals surface area contributed by atoms with E-state index in [2.05, 4.69) is 20.8 Å². The molecule has 2 aliphatic carbocycles. The Hall–Kier alpha value is -0.340. The van der Waals surface area contributed by atoms with Gasteiger partial charge in [0.2, 0.25) is 0 Å². The number of aliphatic hydroxyl groups excluding tert-OH is 2. The number of fused-ring (bicyclic) bond motifs is 1. The third kappa shape index (κ3) is 3.14. The zero-order valence-corrected chi connectivity index (χ0v) is 15.2. The van der Waals surface area contributed by atoms with Crippen LogP contribution >= 0.6 is 0 Å². The maximum atomic E-state index is 10.6. The maximum absolute atomic E-state index is 10.6. The first-order valence-electron chi connectivity index (χ1n) is 9.18. The van der Waals surface area contributed by atoms with Crippen molar-refractivity contribution in [2.45, 2.75) is 79.2 Å². The normalized spacial score (nSPS) is 40.1. The lowest BCUT2D eigenvalue weighted by Gasteiger charge is -2.59. The van der Waals surface area contributed by atoms with Crippen LogP contribution in [0.4, 0.5) is 0 Å². The van der Waals surface area contributed by atoms with Crippen LogP contribution in [0, 0.1) is 28.6 Å². The van der Waals surface area contributed by atoms with Crippen molar-refractivity contribution in [2.75, 3.05) is 6.61 Å². The van der Waals surface area contributed by atoms with Crippen molar-refractivity contribution >= 4 is 0 Å². The summed E-state index contributed by atoms with van der Waals surface area (Å²) in [5.41, 5.74) is 1.73. The molecule has 2 fully saturated rings. The second kappa shape index (κ2) is 6.65. The van der Waals surface area contributed by atoms with Crippen molar-refractivity contribution in [1.82, 2.24) is 0 Å². The maximum Gasteiger partial charge on any atom is 0.0750 e. The molecule has 128 valence electrons. The summed E-state index contributed by atoms with van der Waals surface area (Å²) < 4.78 is 0. The van der Waals surface area contributed by atoms with Crippen molar-refractivity contribution in [2.24, 2.45) is 28.6 Å². The van der Waals surface area contributed by atoms with Crippen LogP contribution < -0.4 is 0 Å². The highest BCUT2D eigenvalue weighted by Gasteiger charge is 2.54. The fraction of sp³-hybridized carbons (Fsp3) is 0.900. The van der Waals surface area contributed by atoms with Crippen LogP contribution in [0.1, 0.15) is 73.1 Å². The Kier molecular flexibility index (Phi) is 5.44. The molecule has 5 atom stereocenters. The summed E-state index contributed by atoms with van der Waals surface area (Å²) in [4.78, 5) is 0. The van der Waals surface area contributed by atoms with E-state index in [1.165, 1.54) is 25.7 Å². The van der Waals surface area contributed by atoms with Crippen LogP contribution in [0.15, 0.2) is 11.6 Å². The standard InChI is InChI=1S/C20H36O2/c1-6-14(2)17(22)12-16-15(13-21)8-9-18-19(3,4)10-7-11-20(16,18)5/h6,15-18,21-22H,7-13H2,1-5H3/b14-6+/t15-,16-,17-,18+,20+/m0/s1. The first-order chi connectivity index (χ1) is 10.3. The molecule has 2 aliphatic rings. The van der Waals surface area contributed by atoms with Gasteiger partial charge in [-0.05, 0) is 80.1 Å². The lowest BCUT2D eigenvalue weighted by molar-refractivity contribution is -0.115. The fourth-order valence-electron chi connectivity index (χ4n) is 5.75. The molecular weight excluding hydrogens is 272 g/mol. The molecule has 0 unspecified atom stereocenters. The van der Waals surface area contributed by atoms with Gasteiger partial charge in [-0.3, -0.25) is 0 Å². The quantitative estimate of drug-likeness (QED) is 0.748. The molecule has 2 N–H and O–H groups in total. The number of hydrogen-bond acceptors (Lipinski definition) is 2. The lowest BCUT2D eigenvalue weighted by atomic mass is 9.46. The number of allylic oxidation sites excluding steroid dienone is 1. The summed E-state index contributed by atoms with van der Waals surface area (Å²) in [7, 11) is 0. The van der Waals surface area contributed by atoms with Gasteiger partial charge in [0.25, 0.3) is 0 Å². The van der Waals surface area contributed by atoms with E-state index in [0.717, 1.165) is 24.3 Å². The van der Waals surface area contributed by atoms with Gasteiger partial charge in [0, 0.05) is 6.61 Å². The van der Waals surface area contributed by atoms with E-state index in [0.29, 0.717) is 17.3 Å². The minimum atomic E-state index is -0.357. The SMILES string of the molecule is C/C=C(\C)[C@@H](O)C[C@H]1[C@H](CO)CC[C@@H]2C(C)(C)CCC[C@@]21C. The Balaban J connectivity index is 2.29. The minimum Gasteiger partial charge on any atom is -0.396 e. The van der Waals surface area contributed by atoms with Crippen molar-refractivity contribution in [1.29, 1.82) is 0 Å². The summed E-state index contributed by atoms with van der Waals surface area (Å²) in [5.74, 6) is 1.51. The second-order valence-corrected chi connectivity index (χ2v) is 8.81. The Morgan fingerprint density at radius 1 is 1.23 bits per heavy atom. The van der Waals surface area contributed by atoms with Crippen LogP contribution in [0.2, 0.25) is 0 Å². The van der Waals surface area contributed by atoms with Crippen molar-refractivity contribution in [3.05, 3.63) is 11.6 Å². The molecular formula is C20H36O2. The molecule has 0 aromatic heterocycles. The first kappa shape index (κ1) is 18.0. The van der Waals surface area contributed by atoms with Gasteiger partial charge >= 0.3 is 0 Å². The third-order valence-electron chi connectivity index (χ3n) is 7.21. The van der Waals surface area contributed by atoms with Gasteiger partial charge in [0.1, 0.15) is 0 Å². The zero-order chi connectivity index (χ0) is 16.5. The smallest absolute Gasteiger partial charge is 0.0750 e. The molecule has 0 radical (unpaired) electrons. The number of rotatable bonds is 4. The van der Waals surface area contributed by atoms with Gasteiger partial charge in [-0.1, -0.05) is 33.3 Å². The molecule has 0 aromatic carbocycles. The average Bonchev–Trinajstić information content (AvgIpc) is 2.46. The molecule has 0 bridgehead atoms. The molecule has 2 nitrogen and oxygen atoms in total. The lowest BCUT2D eigenvalue weighted by Crippen LogP contribution is -2.53. The highest BCUT2D eigenvalue weighted by atomic mass is 16.3. The molecule has 0 saturated heterocycles. The molecule has 2 heteroatoms. The molecule has 0 aliphatic heterocycles. The van der Waals surface area contributed by atoms with Crippen LogP contribution in [0.25, 0.3) is 0 Å². The topological polar surface area (TPSA) is 40.5 Å². The van der Waals surface area contributed by atoms with Crippen LogP contribution in [0.3, 0.4) is 0 Å². The first-order valence-corrected chi connectivity index (χ1v) is 9.18. The van der Waals surface area contributed by atoms with E-state index in [4.69, 9.17) is 0 Å². The number of aliphatic hydroxyl groups is 2. The largest absolute Gasteiger partial charge is 0.396 e. The van der Waals surface area contributed by atoms with E-state index in [1.54, 1.807) is 0 Å². The highest BCUT2D eigenvalue weighted by Crippen LogP contribution is 2.62. The monoisotopic (exact) mass is 308 g/mol. The van der Waals surface area contributed by atoms with Crippen molar-refractivity contribution in [3.63, 3.8) is 0 Å². The Bertz CT molecular complexity index is 412. The van der Waals surface area contributed by atoms with Gasteiger partial charge in [-0.25, -0.2) is 0 Å². The molecule has 0 aromatic rings. The fourth-order valence-corrected chi connectivity index (χ4v) is 5.75. The van der Waals surface area contributed by atoms with E-state index < -0.39 is 0 Å². The van der Waals surface area contributed by atoms with Crippen molar-refractivity contribution < 1.29 is 10.2 Å². The molecule has 0 amide bonds. The van der Waals surface area contributed by atoms with E-state index in [-0.39, 0.29) is 18.1 Å².